The quantitative estimate of drug-likeness (QED) is 0.863. The van der Waals surface area contributed by atoms with Crippen LogP contribution in [-0.2, 0) is 10.8 Å². The Bertz CT molecular complexity index is 328. The maximum atomic E-state index is 11.7. The van der Waals surface area contributed by atoms with Crippen molar-refractivity contribution < 1.29 is 4.21 Å². The third-order valence-corrected chi connectivity index (χ3v) is 3.74. The van der Waals surface area contributed by atoms with Crippen LogP contribution in [0, 0.1) is 0 Å². The standard InChI is InChI=1S/C10H14ClNOS/c1-8(12)6-7-14(13)10-5-3-2-4-9(10)11/h2-5,8H,6-7,12H2,1H3. The summed E-state index contributed by atoms with van der Waals surface area (Å²) in [4.78, 5) is 0.704. The molecule has 14 heavy (non-hydrogen) atoms. The fourth-order valence-corrected chi connectivity index (χ4v) is 2.75. The van der Waals surface area contributed by atoms with Crippen LogP contribution in [0.4, 0.5) is 0 Å². The molecule has 0 aromatic heterocycles. The Morgan fingerprint density at radius 3 is 2.71 bits per heavy atom. The van der Waals surface area contributed by atoms with Crippen LogP contribution in [0.3, 0.4) is 0 Å². The summed E-state index contributed by atoms with van der Waals surface area (Å²) in [6.45, 7) is 1.91. The molecule has 0 fully saturated rings. The number of hydrogen-bond acceptors (Lipinski definition) is 2. The minimum absolute atomic E-state index is 0.0847. The van der Waals surface area contributed by atoms with Crippen LogP contribution in [0.5, 0.6) is 0 Å². The molecule has 0 saturated heterocycles. The molecule has 0 aliphatic rings. The largest absolute Gasteiger partial charge is 0.328 e. The van der Waals surface area contributed by atoms with E-state index >= 15 is 0 Å². The third kappa shape index (κ3) is 3.40. The molecule has 0 aliphatic heterocycles. The van der Waals surface area contributed by atoms with Gasteiger partial charge in [0.05, 0.1) is 20.7 Å². The predicted octanol–water partition coefficient (Wildman–Crippen LogP) is 2.18. The molecular formula is C10H14ClNOS. The van der Waals surface area contributed by atoms with Gasteiger partial charge < -0.3 is 5.73 Å². The molecule has 4 heteroatoms. The van der Waals surface area contributed by atoms with E-state index in [-0.39, 0.29) is 6.04 Å². The Morgan fingerprint density at radius 1 is 1.50 bits per heavy atom. The molecule has 0 saturated carbocycles. The summed E-state index contributed by atoms with van der Waals surface area (Å²) in [7, 11) is -1.03. The fraction of sp³-hybridized carbons (Fsp3) is 0.400. The van der Waals surface area contributed by atoms with Crippen LogP contribution in [0.25, 0.3) is 0 Å². The van der Waals surface area contributed by atoms with Crippen molar-refractivity contribution in [1.82, 2.24) is 0 Å². The molecule has 2 atom stereocenters. The molecule has 0 heterocycles. The first-order chi connectivity index (χ1) is 6.61. The molecule has 0 radical (unpaired) electrons. The van der Waals surface area contributed by atoms with Crippen molar-refractivity contribution in [2.75, 3.05) is 5.75 Å². The van der Waals surface area contributed by atoms with Gasteiger partial charge in [-0.05, 0) is 25.5 Å². The smallest absolute Gasteiger partial charge is 0.0574 e. The summed E-state index contributed by atoms with van der Waals surface area (Å²) in [5, 5.41) is 0.565. The number of halogens is 1. The molecule has 0 aliphatic carbocycles. The van der Waals surface area contributed by atoms with E-state index in [4.69, 9.17) is 17.3 Å². The zero-order valence-electron chi connectivity index (χ0n) is 8.07. The Labute approximate surface area is 91.9 Å². The van der Waals surface area contributed by atoms with E-state index in [0.717, 1.165) is 6.42 Å². The summed E-state index contributed by atoms with van der Waals surface area (Å²) in [5.74, 6) is 0.571. The normalized spacial score (nSPS) is 15.1. The second-order valence-corrected chi connectivity index (χ2v) is 5.19. The van der Waals surface area contributed by atoms with Crippen LogP contribution in [0.2, 0.25) is 5.02 Å². The molecule has 0 spiro atoms. The molecule has 1 aromatic carbocycles. The zero-order valence-corrected chi connectivity index (χ0v) is 9.65. The van der Waals surface area contributed by atoms with Crippen molar-refractivity contribution >= 4 is 22.4 Å². The SMILES string of the molecule is CC(N)CCS(=O)c1ccccc1Cl. The van der Waals surface area contributed by atoms with Gasteiger partial charge >= 0.3 is 0 Å². The van der Waals surface area contributed by atoms with Crippen LogP contribution in [0.1, 0.15) is 13.3 Å². The zero-order chi connectivity index (χ0) is 10.6. The molecule has 78 valence electrons. The van der Waals surface area contributed by atoms with Crippen LogP contribution < -0.4 is 5.73 Å². The summed E-state index contributed by atoms with van der Waals surface area (Å²) in [5.41, 5.74) is 5.59. The summed E-state index contributed by atoms with van der Waals surface area (Å²) in [6.07, 6.45) is 0.748. The topological polar surface area (TPSA) is 43.1 Å². The van der Waals surface area contributed by atoms with Gasteiger partial charge in [-0.1, -0.05) is 23.7 Å². The molecule has 1 rings (SSSR count). The monoisotopic (exact) mass is 231 g/mol. The van der Waals surface area contributed by atoms with E-state index in [1.165, 1.54) is 0 Å². The number of benzene rings is 1. The van der Waals surface area contributed by atoms with Gasteiger partial charge in [-0.15, -0.1) is 0 Å². The summed E-state index contributed by atoms with van der Waals surface area (Å²) in [6, 6.07) is 7.29. The van der Waals surface area contributed by atoms with Gasteiger partial charge in [-0.25, -0.2) is 0 Å². The number of nitrogens with two attached hydrogens (primary N) is 1. The van der Waals surface area contributed by atoms with Gasteiger partial charge in [0, 0.05) is 11.8 Å². The predicted molar refractivity (Wildman–Crippen MR) is 61.0 cm³/mol. The first-order valence-electron chi connectivity index (χ1n) is 4.49. The van der Waals surface area contributed by atoms with Crippen molar-refractivity contribution in [3.05, 3.63) is 29.3 Å². The van der Waals surface area contributed by atoms with Crippen LogP contribution in [0.15, 0.2) is 29.2 Å². The van der Waals surface area contributed by atoms with E-state index in [0.29, 0.717) is 15.7 Å². The number of rotatable bonds is 4. The van der Waals surface area contributed by atoms with E-state index in [1.807, 2.05) is 19.1 Å². The van der Waals surface area contributed by atoms with Crippen LogP contribution >= 0.6 is 11.6 Å². The first-order valence-corrected chi connectivity index (χ1v) is 6.19. The lowest BCUT2D eigenvalue weighted by Gasteiger charge is -2.06. The van der Waals surface area contributed by atoms with Crippen molar-refractivity contribution in [1.29, 1.82) is 0 Å². The Hall–Kier alpha value is -0.380. The molecule has 2 N–H and O–H groups in total. The van der Waals surface area contributed by atoms with Gasteiger partial charge in [0.15, 0.2) is 0 Å². The van der Waals surface area contributed by atoms with Crippen molar-refractivity contribution in [3.8, 4) is 0 Å². The maximum absolute atomic E-state index is 11.7. The van der Waals surface area contributed by atoms with Crippen molar-refractivity contribution in [2.24, 2.45) is 5.73 Å². The molecule has 0 amide bonds. The van der Waals surface area contributed by atoms with Gasteiger partial charge in [0.25, 0.3) is 0 Å². The van der Waals surface area contributed by atoms with Gasteiger partial charge in [-0.3, -0.25) is 4.21 Å². The molecule has 0 bridgehead atoms. The molecule has 1 aromatic rings. The molecular weight excluding hydrogens is 218 g/mol. The van der Waals surface area contributed by atoms with Gasteiger partial charge in [0.1, 0.15) is 0 Å². The van der Waals surface area contributed by atoms with E-state index < -0.39 is 10.8 Å². The highest BCUT2D eigenvalue weighted by atomic mass is 35.5. The third-order valence-electron chi connectivity index (χ3n) is 1.84. The lowest BCUT2D eigenvalue weighted by Crippen LogP contribution is -2.17. The fourth-order valence-electron chi connectivity index (χ4n) is 1.03. The molecule has 2 nitrogen and oxygen atoms in total. The second-order valence-electron chi connectivity index (χ2n) is 3.25. The highest BCUT2D eigenvalue weighted by Crippen LogP contribution is 2.19. The summed E-state index contributed by atoms with van der Waals surface area (Å²) >= 11 is 5.91. The highest BCUT2D eigenvalue weighted by Gasteiger charge is 2.08. The van der Waals surface area contributed by atoms with Gasteiger partial charge in [0.2, 0.25) is 0 Å². The molecule has 2 unspecified atom stereocenters. The average Bonchev–Trinajstić information content (AvgIpc) is 2.15. The lowest BCUT2D eigenvalue weighted by molar-refractivity contribution is 0.668. The lowest BCUT2D eigenvalue weighted by atomic mass is 10.3. The second kappa shape index (κ2) is 5.49. The van der Waals surface area contributed by atoms with Gasteiger partial charge in [-0.2, -0.15) is 0 Å². The Morgan fingerprint density at radius 2 is 2.14 bits per heavy atom. The van der Waals surface area contributed by atoms with E-state index in [2.05, 4.69) is 0 Å². The first kappa shape index (κ1) is 11.7. The van der Waals surface area contributed by atoms with E-state index in [9.17, 15) is 4.21 Å². The maximum Gasteiger partial charge on any atom is 0.0574 e. The van der Waals surface area contributed by atoms with Crippen LogP contribution in [-0.4, -0.2) is 16.0 Å². The average molecular weight is 232 g/mol. The van der Waals surface area contributed by atoms with Crippen molar-refractivity contribution in [3.63, 3.8) is 0 Å². The Balaban J connectivity index is 2.65. The van der Waals surface area contributed by atoms with E-state index in [1.54, 1.807) is 12.1 Å². The number of hydrogen-bond donors (Lipinski definition) is 1. The minimum Gasteiger partial charge on any atom is -0.328 e. The van der Waals surface area contributed by atoms with Crippen molar-refractivity contribution in [2.45, 2.75) is 24.3 Å². The Kier molecular flexibility index (Phi) is 4.58. The minimum atomic E-state index is -1.03. The highest BCUT2D eigenvalue weighted by molar-refractivity contribution is 7.85. The summed E-state index contributed by atoms with van der Waals surface area (Å²) < 4.78 is 11.7.